The molecule has 1 aliphatic heterocycles. The number of rotatable bonds is 3. The summed E-state index contributed by atoms with van der Waals surface area (Å²) < 4.78 is 0.895. The van der Waals surface area contributed by atoms with Gasteiger partial charge in [0.15, 0.2) is 11.6 Å². The molecule has 0 radical (unpaired) electrons. The molecule has 0 fully saturated rings. The SMILES string of the molecule is CC(=O)C1=NNNC1C(=O)c1ccc(Br)cc1. The summed E-state index contributed by atoms with van der Waals surface area (Å²) in [7, 11) is 0. The maximum absolute atomic E-state index is 12.1. The largest absolute Gasteiger partial charge is 0.293 e. The summed E-state index contributed by atoms with van der Waals surface area (Å²) in [6.07, 6.45) is 0. The van der Waals surface area contributed by atoms with Crippen LogP contribution in [0.15, 0.2) is 33.8 Å². The Kier molecular flexibility index (Phi) is 3.35. The van der Waals surface area contributed by atoms with E-state index in [0.29, 0.717) is 5.56 Å². The lowest BCUT2D eigenvalue weighted by Gasteiger charge is -2.09. The molecule has 1 unspecified atom stereocenters. The van der Waals surface area contributed by atoms with Gasteiger partial charge in [0.2, 0.25) is 0 Å². The molecule has 17 heavy (non-hydrogen) atoms. The van der Waals surface area contributed by atoms with Crippen molar-refractivity contribution in [3.63, 3.8) is 0 Å². The number of hydrazine groups is 1. The maximum Gasteiger partial charge on any atom is 0.187 e. The molecular formula is C11H10BrN3O2. The van der Waals surface area contributed by atoms with Crippen LogP contribution in [0.3, 0.4) is 0 Å². The molecule has 88 valence electrons. The summed E-state index contributed by atoms with van der Waals surface area (Å²) >= 11 is 3.30. The van der Waals surface area contributed by atoms with Gasteiger partial charge in [-0.2, -0.15) is 5.10 Å². The van der Waals surface area contributed by atoms with E-state index < -0.39 is 6.04 Å². The van der Waals surface area contributed by atoms with Crippen LogP contribution >= 0.6 is 15.9 Å². The number of carbonyl (C=O) groups is 2. The van der Waals surface area contributed by atoms with Crippen LogP contribution in [-0.4, -0.2) is 23.3 Å². The highest BCUT2D eigenvalue weighted by molar-refractivity contribution is 9.10. The van der Waals surface area contributed by atoms with Gasteiger partial charge in [-0.15, -0.1) is 0 Å². The number of halogens is 1. The highest BCUT2D eigenvalue weighted by Crippen LogP contribution is 2.13. The van der Waals surface area contributed by atoms with E-state index in [9.17, 15) is 9.59 Å². The number of ketones is 2. The highest BCUT2D eigenvalue weighted by atomic mass is 79.9. The quantitative estimate of drug-likeness (QED) is 0.818. The fourth-order valence-electron chi connectivity index (χ4n) is 1.54. The predicted octanol–water partition coefficient (Wildman–Crippen LogP) is 1.05. The van der Waals surface area contributed by atoms with E-state index in [0.717, 1.165) is 4.47 Å². The van der Waals surface area contributed by atoms with E-state index in [-0.39, 0.29) is 17.3 Å². The van der Waals surface area contributed by atoms with Gasteiger partial charge in [-0.05, 0) is 12.1 Å². The fraction of sp³-hybridized carbons (Fsp3) is 0.182. The lowest BCUT2D eigenvalue weighted by Crippen LogP contribution is -2.43. The Balaban J connectivity index is 2.24. The van der Waals surface area contributed by atoms with Gasteiger partial charge in [0.1, 0.15) is 11.8 Å². The maximum atomic E-state index is 12.1. The van der Waals surface area contributed by atoms with Crippen LogP contribution in [0.4, 0.5) is 0 Å². The van der Waals surface area contributed by atoms with Gasteiger partial charge in [-0.3, -0.25) is 9.59 Å². The van der Waals surface area contributed by atoms with Gasteiger partial charge in [0.25, 0.3) is 0 Å². The molecule has 1 heterocycles. The van der Waals surface area contributed by atoms with E-state index in [2.05, 4.69) is 32.0 Å². The van der Waals surface area contributed by atoms with E-state index >= 15 is 0 Å². The average molecular weight is 296 g/mol. The van der Waals surface area contributed by atoms with Crippen LogP contribution < -0.4 is 11.0 Å². The molecule has 0 bridgehead atoms. The van der Waals surface area contributed by atoms with Crippen molar-refractivity contribution in [1.29, 1.82) is 0 Å². The Morgan fingerprint density at radius 3 is 2.53 bits per heavy atom. The van der Waals surface area contributed by atoms with Gasteiger partial charge < -0.3 is 0 Å². The Labute approximate surface area is 106 Å². The molecule has 0 amide bonds. The topological polar surface area (TPSA) is 70.6 Å². The minimum Gasteiger partial charge on any atom is -0.293 e. The number of benzene rings is 1. The zero-order valence-electron chi connectivity index (χ0n) is 9.03. The number of carbonyl (C=O) groups excluding carboxylic acids is 2. The van der Waals surface area contributed by atoms with Gasteiger partial charge in [0.05, 0.1) is 0 Å². The summed E-state index contributed by atoms with van der Waals surface area (Å²) in [4.78, 5) is 23.4. The van der Waals surface area contributed by atoms with E-state index in [1.165, 1.54) is 6.92 Å². The number of hydrazone groups is 1. The van der Waals surface area contributed by atoms with E-state index in [1.54, 1.807) is 24.3 Å². The van der Waals surface area contributed by atoms with Crippen molar-refractivity contribution < 1.29 is 9.59 Å². The van der Waals surface area contributed by atoms with Crippen LogP contribution in [0, 0.1) is 0 Å². The van der Waals surface area contributed by atoms with Crippen LogP contribution in [0.1, 0.15) is 17.3 Å². The second-order valence-corrected chi connectivity index (χ2v) is 4.53. The van der Waals surface area contributed by atoms with Crippen molar-refractivity contribution in [3.8, 4) is 0 Å². The first-order valence-corrected chi connectivity index (χ1v) is 5.77. The minimum absolute atomic E-state index is 0.184. The Hall–Kier alpha value is -1.53. The first kappa shape index (κ1) is 11.9. The fourth-order valence-corrected chi connectivity index (χ4v) is 1.81. The molecule has 2 rings (SSSR count). The summed E-state index contributed by atoms with van der Waals surface area (Å²) in [6.45, 7) is 1.38. The molecule has 6 heteroatoms. The van der Waals surface area contributed by atoms with E-state index in [1.807, 2.05) is 0 Å². The third kappa shape index (κ3) is 2.42. The van der Waals surface area contributed by atoms with Crippen LogP contribution in [0.25, 0.3) is 0 Å². The monoisotopic (exact) mass is 295 g/mol. The van der Waals surface area contributed by atoms with Crippen LogP contribution in [-0.2, 0) is 4.79 Å². The average Bonchev–Trinajstić information content (AvgIpc) is 2.78. The molecule has 0 aliphatic carbocycles. The van der Waals surface area contributed by atoms with Gasteiger partial charge >= 0.3 is 0 Å². The number of hydrogen-bond donors (Lipinski definition) is 2. The Morgan fingerprint density at radius 2 is 1.94 bits per heavy atom. The third-order valence-electron chi connectivity index (χ3n) is 2.41. The highest BCUT2D eigenvalue weighted by Gasteiger charge is 2.31. The molecule has 1 aromatic rings. The normalized spacial score (nSPS) is 18.5. The number of hydrogen-bond acceptors (Lipinski definition) is 5. The third-order valence-corrected chi connectivity index (χ3v) is 2.94. The summed E-state index contributed by atoms with van der Waals surface area (Å²) in [5, 5.41) is 3.76. The molecule has 0 saturated heterocycles. The van der Waals surface area contributed by atoms with Crippen LogP contribution in [0.2, 0.25) is 0 Å². The van der Waals surface area contributed by atoms with Crippen molar-refractivity contribution in [3.05, 3.63) is 34.3 Å². The van der Waals surface area contributed by atoms with Gasteiger partial charge in [-0.25, -0.2) is 11.0 Å². The van der Waals surface area contributed by atoms with Gasteiger partial charge in [0, 0.05) is 17.0 Å². The first-order chi connectivity index (χ1) is 8.09. The smallest absolute Gasteiger partial charge is 0.187 e. The lowest BCUT2D eigenvalue weighted by atomic mass is 9.99. The second kappa shape index (κ2) is 4.77. The molecule has 1 aromatic carbocycles. The summed E-state index contributed by atoms with van der Waals surface area (Å²) in [5.74, 6) is -0.408. The molecule has 0 spiro atoms. The molecular weight excluding hydrogens is 286 g/mol. The molecule has 0 aromatic heterocycles. The molecule has 2 N–H and O–H groups in total. The Morgan fingerprint density at radius 1 is 1.29 bits per heavy atom. The zero-order valence-corrected chi connectivity index (χ0v) is 10.6. The van der Waals surface area contributed by atoms with Crippen molar-refractivity contribution >= 4 is 33.2 Å². The number of Topliss-reactive ketones (excluding diaryl/α,β-unsaturated/α-hetero) is 2. The van der Waals surface area contributed by atoms with Crippen molar-refractivity contribution in [2.75, 3.05) is 0 Å². The number of nitrogens with one attached hydrogen (secondary N) is 2. The Bertz CT molecular complexity index is 496. The second-order valence-electron chi connectivity index (χ2n) is 3.61. The van der Waals surface area contributed by atoms with Crippen LogP contribution in [0.5, 0.6) is 0 Å². The lowest BCUT2D eigenvalue weighted by molar-refractivity contribution is -0.111. The standard InChI is InChI=1S/C11H10BrN3O2/c1-6(16)9-10(14-15-13-9)11(17)7-2-4-8(12)5-3-7/h2-5,10,14-15H,1H3. The molecule has 0 saturated carbocycles. The zero-order chi connectivity index (χ0) is 12.4. The summed E-state index contributed by atoms with van der Waals surface area (Å²) in [5.41, 5.74) is 5.86. The molecule has 5 nitrogen and oxygen atoms in total. The minimum atomic E-state index is -0.714. The van der Waals surface area contributed by atoms with Crippen molar-refractivity contribution in [2.45, 2.75) is 13.0 Å². The summed E-state index contributed by atoms with van der Waals surface area (Å²) in [6, 6.07) is 6.24. The van der Waals surface area contributed by atoms with Crippen molar-refractivity contribution in [2.24, 2.45) is 5.10 Å². The predicted molar refractivity (Wildman–Crippen MR) is 66.6 cm³/mol. The molecule has 1 atom stereocenters. The van der Waals surface area contributed by atoms with Gasteiger partial charge in [-0.1, -0.05) is 28.1 Å². The number of nitrogens with zero attached hydrogens (tertiary/aromatic N) is 1. The first-order valence-electron chi connectivity index (χ1n) is 4.98. The van der Waals surface area contributed by atoms with E-state index in [4.69, 9.17) is 0 Å². The van der Waals surface area contributed by atoms with Crippen molar-refractivity contribution in [1.82, 2.24) is 11.0 Å². The molecule has 1 aliphatic rings.